The molecule has 0 bridgehead atoms. The van der Waals surface area contributed by atoms with Crippen molar-refractivity contribution in [1.29, 1.82) is 0 Å². The van der Waals surface area contributed by atoms with E-state index < -0.39 is 0 Å². The van der Waals surface area contributed by atoms with E-state index in [1.165, 1.54) is 19.3 Å². The molecule has 0 aliphatic heterocycles. The molecule has 0 heterocycles. The van der Waals surface area contributed by atoms with Crippen LogP contribution in [-0.4, -0.2) is 11.4 Å². The first kappa shape index (κ1) is 8.09. The summed E-state index contributed by atoms with van der Waals surface area (Å²) in [6.45, 7) is 4.30. The van der Waals surface area contributed by atoms with Gasteiger partial charge in [-0.25, -0.2) is 0 Å². The Bertz CT molecular complexity index is 208. The maximum atomic E-state index is 11.5. The van der Waals surface area contributed by atoms with Gasteiger partial charge >= 0.3 is 0 Å². The molecule has 0 unspecified atom stereocenters. The third-order valence-corrected chi connectivity index (χ3v) is 3.33. The van der Waals surface area contributed by atoms with Gasteiger partial charge in [-0.15, -0.1) is 0 Å². The molecule has 0 aromatic heterocycles. The van der Waals surface area contributed by atoms with Crippen molar-refractivity contribution in [1.82, 2.24) is 5.32 Å². The lowest BCUT2D eigenvalue weighted by Crippen LogP contribution is -2.51. The first-order chi connectivity index (χ1) is 5.61. The van der Waals surface area contributed by atoms with E-state index in [2.05, 4.69) is 19.2 Å². The van der Waals surface area contributed by atoms with Crippen molar-refractivity contribution in [3.05, 3.63) is 0 Å². The fourth-order valence-electron chi connectivity index (χ4n) is 1.91. The molecule has 2 aliphatic carbocycles. The van der Waals surface area contributed by atoms with E-state index in [-0.39, 0.29) is 5.54 Å². The summed E-state index contributed by atoms with van der Waals surface area (Å²) in [5.41, 5.74) is 0.152. The van der Waals surface area contributed by atoms with Gasteiger partial charge < -0.3 is 5.32 Å². The summed E-state index contributed by atoms with van der Waals surface area (Å²) in [5, 5.41) is 3.15. The number of carbonyl (C=O) groups excluding carboxylic acids is 1. The summed E-state index contributed by atoms with van der Waals surface area (Å²) in [5.74, 6) is 1.26. The van der Waals surface area contributed by atoms with Crippen LogP contribution in [0.2, 0.25) is 0 Å². The molecule has 0 aromatic carbocycles. The van der Waals surface area contributed by atoms with Gasteiger partial charge in [0.05, 0.1) is 0 Å². The fraction of sp³-hybridized carbons (Fsp3) is 0.900. The minimum Gasteiger partial charge on any atom is -0.351 e. The molecule has 68 valence electrons. The van der Waals surface area contributed by atoms with Crippen molar-refractivity contribution in [2.75, 3.05) is 0 Å². The predicted molar refractivity (Wildman–Crippen MR) is 47.7 cm³/mol. The third kappa shape index (κ3) is 1.35. The average Bonchev–Trinajstić information content (AvgIpc) is 2.63. The number of nitrogens with one attached hydrogen (secondary N) is 1. The van der Waals surface area contributed by atoms with Crippen LogP contribution in [0.1, 0.15) is 39.5 Å². The Morgan fingerprint density at radius 3 is 2.42 bits per heavy atom. The largest absolute Gasteiger partial charge is 0.351 e. The highest BCUT2D eigenvalue weighted by molar-refractivity contribution is 5.82. The molecule has 2 saturated carbocycles. The molecule has 0 aromatic rings. The molecule has 12 heavy (non-hydrogen) atoms. The Morgan fingerprint density at radius 1 is 1.50 bits per heavy atom. The summed E-state index contributed by atoms with van der Waals surface area (Å²) in [7, 11) is 0. The van der Waals surface area contributed by atoms with Gasteiger partial charge in [0.25, 0.3) is 0 Å². The number of rotatable bonds is 2. The van der Waals surface area contributed by atoms with Crippen LogP contribution in [0.15, 0.2) is 0 Å². The van der Waals surface area contributed by atoms with Crippen LogP contribution in [0.3, 0.4) is 0 Å². The smallest absolute Gasteiger partial charge is 0.223 e. The lowest BCUT2D eigenvalue weighted by atomic mass is 9.78. The minimum absolute atomic E-state index is 0.152. The van der Waals surface area contributed by atoms with Gasteiger partial charge in [0.15, 0.2) is 0 Å². The number of amides is 1. The summed E-state index contributed by atoms with van der Waals surface area (Å²) in [6, 6.07) is 0. The van der Waals surface area contributed by atoms with Crippen molar-refractivity contribution in [2.24, 2.45) is 11.8 Å². The van der Waals surface area contributed by atoms with Gasteiger partial charge in [0, 0.05) is 11.5 Å². The highest BCUT2D eigenvalue weighted by atomic mass is 16.2. The molecule has 2 aliphatic rings. The van der Waals surface area contributed by atoms with Gasteiger partial charge in [0.1, 0.15) is 0 Å². The molecule has 2 rings (SSSR count). The van der Waals surface area contributed by atoms with E-state index >= 15 is 0 Å². The molecule has 1 N–H and O–H groups in total. The Hall–Kier alpha value is -0.530. The lowest BCUT2D eigenvalue weighted by Gasteiger charge is -2.39. The van der Waals surface area contributed by atoms with Crippen molar-refractivity contribution in [3.63, 3.8) is 0 Å². The molecule has 2 atom stereocenters. The molecule has 0 radical (unpaired) electrons. The van der Waals surface area contributed by atoms with Crippen LogP contribution in [0.5, 0.6) is 0 Å². The number of carbonyl (C=O) groups is 1. The van der Waals surface area contributed by atoms with Gasteiger partial charge in [0.2, 0.25) is 5.91 Å². The van der Waals surface area contributed by atoms with Crippen LogP contribution in [0.4, 0.5) is 0 Å². The SMILES string of the molecule is C[C@H]1C[C@@H]1C(=O)NC1(C)CCC1. The van der Waals surface area contributed by atoms with E-state index in [4.69, 9.17) is 0 Å². The Morgan fingerprint density at radius 2 is 2.08 bits per heavy atom. The lowest BCUT2D eigenvalue weighted by molar-refractivity contribution is -0.125. The van der Waals surface area contributed by atoms with Crippen LogP contribution in [-0.2, 0) is 4.79 Å². The second-order valence-electron chi connectivity index (χ2n) is 4.72. The zero-order chi connectivity index (χ0) is 8.77. The van der Waals surface area contributed by atoms with E-state index in [1.807, 2.05) is 0 Å². The monoisotopic (exact) mass is 167 g/mol. The van der Waals surface area contributed by atoms with E-state index in [1.54, 1.807) is 0 Å². The van der Waals surface area contributed by atoms with E-state index in [0.717, 1.165) is 6.42 Å². The zero-order valence-corrected chi connectivity index (χ0v) is 7.89. The fourth-order valence-corrected chi connectivity index (χ4v) is 1.91. The first-order valence-corrected chi connectivity index (χ1v) is 4.93. The molecule has 1 amide bonds. The Balaban J connectivity index is 1.82. The predicted octanol–water partition coefficient (Wildman–Crippen LogP) is 1.70. The third-order valence-electron chi connectivity index (χ3n) is 3.33. The zero-order valence-electron chi connectivity index (χ0n) is 7.89. The van der Waals surface area contributed by atoms with Crippen LogP contribution in [0, 0.1) is 11.8 Å². The highest BCUT2D eigenvalue weighted by Crippen LogP contribution is 2.39. The van der Waals surface area contributed by atoms with Crippen LogP contribution >= 0.6 is 0 Å². The Labute approximate surface area is 73.7 Å². The number of hydrogen-bond donors (Lipinski definition) is 1. The first-order valence-electron chi connectivity index (χ1n) is 4.93. The quantitative estimate of drug-likeness (QED) is 0.666. The van der Waals surface area contributed by atoms with E-state index in [0.29, 0.717) is 17.7 Å². The average molecular weight is 167 g/mol. The van der Waals surface area contributed by atoms with Crippen molar-refractivity contribution >= 4 is 5.91 Å². The van der Waals surface area contributed by atoms with Gasteiger partial charge in [-0.3, -0.25) is 4.79 Å². The van der Waals surface area contributed by atoms with Gasteiger partial charge in [-0.05, 0) is 38.5 Å². The maximum Gasteiger partial charge on any atom is 0.223 e. The summed E-state index contributed by atoms with van der Waals surface area (Å²) >= 11 is 0. The normalized spacial score (nSPS) is 36.8. The summed E-state index contributed by atoms with van der Waals surface area (Å²) in [4.78, 5) is 11.5. The topological polar surface area (TPSA) is 29.1 Å². The van der Waals surface area contributed by atoms with Crippen molar-refractivity contribution < 1.29 is 4.79 Å². The number of hydrogen-bond acceptors (Lipinski definition) is 1. The molecule has 2 nitrogen and oxygen atoms in total. The summed E-state index contributed by atoms with van der Waals surface area (Å²) < 4.78 is 0. The summed E-state index contributed by atoms with van der Waals surface area (Å²) in [6.07, 6.45) is 4.71. The minimum atomic E-state index is 0.152. The molecule has 0 saturated heterocycles. The molecular formula is C10H17NO. The highest BCUT2D eigenvalue weighted by Gasteiger charge is 2.42. The van der Waals surface area contributed by atoms with Crippen LogP contribution in [0.25, 0.3) is 0 Å². The van der Waals surface area contributed by atoms with Crippen LogP contribution < -0.4 is 5.32 Å². The maximum absolute atomic E-state index is 11.5. The Kier molecular flexibility index (Phi) is 1.67. The van der Waals surface area contributed by atoms with Gasteiger partial charge in [-0.2, -0.15) is 0 Å². The van der Waals surface area contributed by atoms with E-state index in [9.17, 15) is 4.79 Å². The van der Waals surface area contributed by atoms with Crippen molar-refractivity contribution in [3.8, 4) is 0 Å². The second kappa shape index (κ2) is 2.48. The molecule has 2 fully saturated rings. The standard InChI is InChI=1S/C10H17NO/c1-7-6-8(7)9(12)11-10(2)4-3-5-10/h7-8H,3-6H2,1-2H3,(H,11,12)/t7-,8-/m0/s1. The van der Waals surface area contributed by atoms with Gasteiger partial charge in [-0.1, -0.05) is 6.92 Å². The molecular weight excluding hydrogens is 150 g/mol. The second-order valence-corrected chi connectivity index (χ2v) is 4.72. The van der Waals surface area contributed by atoms with Crippen molar-refractivity contribution in [2.45, 2.75) is 45.1 Å². The molecule has 0 spiro atoms. The molecule has 2 heteroatoms.